The number of aliphatic hydroxyl groups is 2. The zero-order valence-corrected chi connectivity index (χ0v) is 12.7. The third-order valence-corrected chi connectivity index (χ3v) is 3.74. The minimum atomic E-state index is -0.982. The first kappa shape index (κ1) is 17.5. The average molecular weight is 327 g/mol. The summed E-state index contributed by atoms with van der Waals surface area (Å²) in [4.78, 5) is 13.4. The van der Waals surface area contributed by atoms with Crippen LogP contribution in [0.5, 0.6) is 0 Å². The lowest BCUT2D eigenvalue weighted by molar-refractivity contribution is -0.136. The largest absolute Gasteiger partial charge is 0.390 e. The van der Waals surface area contributed by atoms with Crippen molar-refractivity contribution in [3.63, 3.8) is 0 Å². The second-order valence-electron chi connectivity index (χ2n) is 5.58. The van der Waals surface area contributed by atoms with Crippen LogP contribution in [-0.4, -0.2) is 60.0 Å². The third kappa shape index (κ3) is 4.57. The number of carbonyl (C=O) groups is 1. The summed E-state index contributed by atoms with van der Waals surface area (Å²) in [6.45, 7) is 0.535. The molecule has 0 aromatic heterocycles. The Morgan fingerprint density at radius 1 is 1.35 bits per heavy atom. The Hall–Kier alpha value is -1.83. The summed E-state index contributed by atoms with van der Waals surface area (Å²) in [6, 6.07) is 3.34. The van der Waals surface area contributed by atoms with Gasteiger partial charge < -0.3 is 19.8 Å². The number of nitrogens with zero attached hydrogens (tertiary/aromatic N) is 1. The summed E-state index contributed by atoms with van der Waals surface area (Å²) in [5.74, 6) is -2.67. The molecule has 0 radical (unpaired) electrons. The molecule has 1 aromatic carbocycles. The molecule has 5 nitrogen and oxygen atoms in total. The van der Waals surface area contributed by atoms with Gasteiger partial charge in [-0.1, -0.05) is 6.07 Å². The Morgan fingerprint density at radius 3 is 2.78 bits per heavy atom. The zero-order chi connectivity index (χ0) is 17.0. The highest BCUT2D eigenvalue weighted by atomic mass is 19.2. The quantitative estimate of drug-likeness (QED) is 0.803. The van der Waals surface area contributed by atoms with Crippen LogP contribution in [0.15, 0.2) is 24.3 Å². The minimum Gasteiger partial charge on any atom is -0.390 e. The molecule has 1 aliphatic heterocycles. The van der Waals surface area contributed by atoms with Gasteiger partial charge in [0.1, 0.15) is 6.10 Å². The third-order valence-electron chi connectivity index (χ3n) is 3.74. The standard InChI is InChI=1S/C16H19F2NO4/c1-19(7-11-8-23-9-14(20)16(11)22)15(21)5-3-10-2-4-12(17)13(18)6-10/h2-6,11,14,16,20,22H,7-9H2,1H3/b5-3+/t11-,14-,16+/m1/s1. The number of rotatable bonds is 4. The van der Waals surface area contributed by atoms with Crippen LogP contribution in [0, 0.1) is 17.6 Å². The summed E-state index contributed by atoms with van der Waals surface area (Å²) >= 11 is 0. The number of hydrogen-bond donors (Lipinski definition) is 2. The number of ether oxygens (including phenoxy) is 1. The van der Waals surface area contributed by atoms with E-state index in [1.807, 2.05) is 0 Å². The number of likely N-dealkylation sites (N-methyl/N-ethyl adjacent to an activating group) is 1. The maximum Gasteiger partial charge on any atom is 0.246 e. The predicted octanol–water partition coefficient (Wildman–Crippen LogP) is 0.805. The molecule has 2 N–H and O–H groups in total. The lowest BCUT2D eigenvalue weighted by Crippen LogP contribution is -2.48. The molecule has 0 unspecified atom stereocenters. The van der Waals surface area contributed by atoms with Gasteiger partial charge in [-0.15, -0.1) is 0 Å². The normalized spacial score (nSPS) is 24.8. The molecule has 0 spiro atoms. The second kappa shape index (κ2) is 7.63. The fraction of sp³-hybridized carbons (Fsp3) is 0.438. The van der Waals surface area contributed by atoms with E-state index in [-0.39, 0.29) is 31.6 Å². The molecule has 3 atom stereocenters. The topological polar surface area (TPSA) is 70.0 Å². The minimum absolute atomic E-state index is 0.0748. The summed E-state index contributed by atoms with van der Waals surface area (Å²) in [6.07, 6.45) is 0.701. The Balaban J connectivity index is 1.94. The van der Waals surface area contributed by atoms with Crippen molar-refractivity contribution >= 4 is 12.0 Å². The van der Waals surface area contributed by atoms with Crippen LogP contribution in [0.2, 0.25) is 0 Å². The Labute approximate surface area is 132 Å². The molecule has 7 heteroatoms. The van der Waals surface area contributed by atoms with Crippen molar-refractivity contribution < 1.29 is 28.5 Å². The summed E-state index contributed by atoms with van der Waals surface area (Å²) in [5.41, 5.74) is 0.363. The van der Waals surface area contributed by atoms with Gasteiger partial charge in [-0.05, 0) is 23.8 Å². The fourth-order valence-corrected chi connectivity index (χ4v) is 2.36. The Kier molecular flexibility index (Phi) is 5.81. The predicted molar refractivity (Wildman–Crippen MR) is 79.4 cm³/mol. The molecule has 23 heavy (non-hydrogen) atoms. The first-order valence-electron chi connectivity index (χ1n) is 7.20. The van der Waals surface area contributed by atoms with E-state index in [4.69, 9.17) is 4.74 Å². The van der Waals surface area contributed by atoms with Crippen molar-refractivity contribution in [1.29, 1.82) is 0 Å². The van der Waals surface area contributed by atoms with Crippen LogP contribution in [0.4, 0.5) is 8.78 Å². The molecular weight excluding hydrogens is 308 g/mol. The van der Waals surface area contributed by atoms with Crippen molar-refractivity contribution in [2.75, 3.05) is 26.8 Å². The van der Waals surface area contributed by atoms with Crippen molar-refractivity contribution in [1.82, 2.24) is 4.90 Å². The maximum atomic E-state index is 13.1. The number of benzene rings is 1. The van der Waals surface area contributed by atoms with Crippen LogP contribution in [0.3, 0.4) is 0 Å². The fourth-order valence-electron chi connectivity index (χ4n) is 2.36. The van der Waals surface area contributed by atoms with Crippen LogP contribution in [0.25, 0.3) is 6.08 Å². The van der Waals surface area contributed by atoms with Crippen LogP contribution in [0.1, 0.15) is 5.56 Å². The van der Waals surface area contributed by atoms with E-state index in [2.05, 4.69) is 0 Å². The van der Waals surface area contributed by atoms with Gasteiger partial charge in [0, 0.05) is 25.6 Å². The van der Waals surface area contributed by atoms with Crippen molar-refractivity contribution in [3.8, 4) is 0 Å². The summed E-state index contributed by atoms with van der Waals surface area (Å²) in [5, 5.41) is 19.4. The van der Waals surface area contributed by atoms with Crippen molar-refractivity contribution in [2.24, 2.45) is 5.92 Å². The molecule has 1 aromatic rings. The van der Waals surface area contributed by atoms with E-state index in [1.165, 1.54) is 23.1 Å². The summed E-state index contributed by atoms with van der Waals surface area (Å²) in [7, 11) is 1.55. The molecule has 0 saturated carbocycles. The number of amides is 1. The Bertz CT molecular complexity index is 593. The highest BCUT2D eigenvalue weighted by Gasteiger charge is 2.32. The lowest BCUT2D eigenvalue weighted by Gasteiger charge is -2.34. The smallest absolute Gasteiger partial charge is 0.246 e. The van der Waals surface area contributed by atoms with Gasteiger partial charge in [0.2, 0.25) is 5.91 Å². The number of halogens is 2. The molecule has 0 aliphatic carbocycles. The van der Waals surface area contributed by atoms with Crippen LogP contribution < -0.4 is 0 Å². The SMILES string of the molecule is CN(C[C@@H]1COC[C@@H](O)[C@H]1O)C(=O)/C=C/c1ccc(F)c(F)c1. The van der Waals surface area contributed by atoms with Gasteiger partial charge in [-0.2, -0.15) is 0 Å². The van der Waals surface area contributed by atoms with Crippen molar-refractivity contribution in [2.45, 2.75) is 12.2 Å². The molecule has 1 amide bonds. The first-order valence-corrected chi connectivity index (χ1v) is 7.20. The zero-order valence-electron chi connectivity index (χ0n) is 12.7. The van der Waals surface area contributed by atoms with E-state index in [9.17, 15) is 23.8 Å². The molecule has 1 aliphatic rings. The van der Waals surface area contributed by atoms with E-state index >= 15 is 0 Å². The Morgan fingerprint density at radius 2 is 2.09 bits per heavy atom. The van der Waals surface area contributed by atoms with E-state index in [1.54, 1.807) is 7.05 Å². The molecule has 2 rings (SSSR count). The van der Waals surface area contributed by atoms with E-state index in [0.29, 0.717) is 5.56 Å². The number of hydrogen-bond acceptors (Lipinski definition) is 4. The van der Waals surface area contributed by atoms with E-state index < -0.39 is 23.8 Å². The van der Waals surface area contributed by atoms with Gasteiger partial charge in [0.25, 0.3) is 0 Å². The maximum absolute atomic E-state index is 13.1. The molecule has 1 heterocycles. The van der Waals surface area contributed by atoms with Gasteiger partial charge in [0.05, 0.1) is 19.3 Å². The van der Waals surface area contributed by atoms with E-state index in [0.717, 1.165) is 12.1 Å². The highest BCUT2D eigenvalue weighted by molar-refractivity contribution is 5.91. The molecule has 0 bridgehead atoms. The average Bonchev–Trinajstić information content (AvgIpc) is 2.52. The van der Waals surface area contributed by atoms with Crippen LogP contribution >= 0.6 is 0 Å². The second-order valence-corrected chi connectivity index (χ2v) is 5.58. The summed E-state index contributed by atoms with van der Waals surface area (Å²) < 4.78 is 31.1. The molecule has 1 saturated heterocycles. The molecule has 126 valence electrons. The van der Waals surface area contributed by atoms with Gasteiger partial charge in [-0.25, -0.2) is 8.78 Å². The number of aliphatic hydroxyl groups excluding tert-OH is 2. The molecule has 1 fully saturated rings. The van der Waals surface area contributed by atoms with Gasteiger partial charge in [0.15, 0.2) is 11.6 Å². The first-order chi connectivity index (χ1) is 10.9. The number of carbonyl (C=O) groups excluding carboxylic acids is 1. The monoisotopic (exact) mass is 327 g/mol. The van der Waals surface area contributed by atoms with Crippen molar-refractivity contribution in [3.05, 3.63) is 41.5 Å². The van der Waals surface area contributed by atoms with Gasteiger partial charge in [-0.3, -0.25) is 4.79 Å². The van der Waals surface area contributed by atoms with Gasteiger partial charge >= 0.3 is 0 Å². The van der Waals surface area contributed by atoms with Crippen LogP contribution in [-0.2, 0) is 9.53 Å². The highest BCUT2D eigenvalue weighted by Crippen LogP contribution is 2.16. The lowest BCUT2D eigenvalue weighted by atomic mass is 9.96. The molecular formula is C16H19F2NO4.